The van der Waals surface area contributed by atoms with Gasteiger partial charge in [0.2, 0.25) is 5.91 Å². The van der Waals surface area contributed by atoms with Crippen molar-refractivity contribution >= 4 is 33.1 Å². The van der Waals surface area contributed by atoms with Gasteiger partial charge >= 0.3 is 0 Å². The van der Waals surface area contributed by atoms with Crippen LogP contribution in [-0.2, 0) is 14.6 Å². The summed E-state index contributed by atoms with van der Waals surface area (Å²) in [5, 5.41) is 4.08. The molecule has 1 saturated heterocycles. The largest absolute Gasteiger partial charge is 0.273 e. The first kappa shape index (κ1) is 15.9. The molecule has 2 rings (SSSR count). The average molecular weight is 333 g/mol. The zero-order chi connectivity index (χ0) is 15.6. The fourth-order valence-electron chi connectivity index (χ4n) is 2.08. The lowest BCUT2D eigenvalue weighted by Crippen LogP contribution is -2.28. The summed E-state index contributed by atoms with van der Waals surface area (Å²) in [5.74, 6) is -1.59. The highest BCUT2D eigenvalue weighted by Crippen LogP contribution is 2.19. The van der Waals surface area contributed by atoms with Crippen molar-refractivity contribution in [2.45, 2.75) is 13.3 Å². The average Bonchev–Trinajstić information content (AvgIpc) is 2.76. The van der Waals surface area contributed by atoms with Crippen LogP contribution in [0.4, 0.5) is 4.39 Å². The smallest absolute Gasteiger partial charge is 0.244 e. The van der Waals surface area contributed by atoms with Gasteiger partial charge < -0.3 is 0 Å². The second-order valence-corrected chi connectivity index (χ2v) is 7.53. The van der Waals surface area contributed by atoms with E-state index >= 15 is 0 Å². The first-order valence-corrected chi connectivity index (χ1v) is 8.48. The van der Waals surface area contributed by atoms with Gasteiger partial charge in [0.15, 0.2) is 9.84 Å². The summed E-state index contributed by atoms with van der Waals surface area (Å²) >= 11 is 5.89. The molecule has 0 radical (unpaired) electrons. The minimum Gasteiger partial charge on any atom is -0.273 e. The minimum atomic E-state index is -3.11. The molecule has 0 aliphatic carbocycles. The maximum Gasteiger partial charge on any atom is 0.244 e. The number of hydrogen-bond acceptors (Lipinski definition) is 4. The lowest BCUT2D eigenvalue weighted by molar-refractivity contribution is -0.124. The van der Waals surface area contributed by atoms with E-state index in [2.05, 4.69) is 10.5 Å². The summed E-state index contributed by atoms with van der Waals surface area (Å²) in [6, 6.07) is 3.86. The van der Waals surface area contributed by atoms with Gasteiger partial charge in [-0.2, -0.15) is 5.10 Å². The van der Waals surface area contributed by atoms with E-state index in [9.17, 15) is 17.6 Å². The maximum absolute atomic E-state index is 13.0. The third kappa shape index (κ3) is 4.01. The van der Waals surface area contributed by atoms with Crippen molar-refractivity contribution in [3.8, 4) is 0 Å². The highest BCUT2D eigenvalue weighted by molar-refractivity contribution is 7.91. The molecule has 0 spiro atoms. The van der Waals surface area contributed by atoms with E-state index in [0.717, 1.165) is 6.07 Å². The fourth-order valence-corrected chi connectivity index (χ4v) is 4.12. The third-order valence-electron chi connectivity index (χ3n) is 3.26. The van der Waals surface area contributed by atoms with Gasteiger partial charge in [-0.25, -0.2) is 18.2 Å². The zero-order valence-corrected chi connectivity index (χ0v) is 12.8. The van der Waals surface area contributed by atoms with Gasteiger partial charge in [-0.05, 0) is 31.5 Å². The SMILES string of the molecule is C/C(=N/NC(=O)[C@@H]1CCS(=O)(=O)C1)c1ccc(F)cc1Cl. The number of nitrogens with zero attached hydrogens (tertiary/aromatic N) is 1. The molecule has 1 aliphatic rings. The van der Waals surface area contributed by atoms with E-state index in [1.165, 1.54) is 12.1 Å². The predicted molar refractivity (Wildman–Crippen MR) is 78.5 cm³/mol. The van der Waals surface area contributed by atoms with Crippen LogP contribution >= 0.6 is 11.6 Å². The van der Waals surface area contributed by atoms with E-state index in [4.69, 9.17) is 11.6 Å². The van der Waals surface area contributed by atoms with Gasteiger partial charge in [-0.15, -0.1) is 0 Å². The standard InChI is InChI=1S/C13H14ClFN2O3S/c1-8(11-3-2-10(15)6-12(11)14)16-17-13(18)9-4-5-21(19,20)7-9/h2-3,6,9H,4-5,7H2,1H3,(H,17,18)/b16-8-/t9-/m1/s1. The molecular weight excluding hydrogens is 319 g/mol. The van der Waals surface area contributed by atoms with Crippen molar-refractivity contribution in [2.75, 3.05) is 11.5 Å². The number of nitrogens with one attached hydrogen (secondary N) is 1. The number of hydrogen-bond donors (Lipinski definition) is 1. The number of sulfone groups is 1. The van der Waals surface area contributed by atoms with Crippen LogP contribution in [-0.4, -0.2) is 31.5 Å². The Balaban J connectivity index is 2.05. The molecule has 0 bridgehead atoms. The molecule has 0 unspecified atom stereocenters. The Morgan fingerprint density at radius 2 is 2.19 bits per heavy atom. The van der Waals surface area contributed by atoms with E-state index in [1.54, 1.807) is 6.92 Å². The third-order valence-corrected chi connectivity index (χ3v) is 5.34. The molecule has 1 amide bonds. The first-order valence-electron chi connectivity index (χ1n) is 6.28. The van der Waals surface area contributed by atoms with Crippen molar-refractivity contribution in [2.24, 2.45) is 11.0 Å². The van der Waals surface area contributed by atoms with Crippen molar-refractivity contribution in [1.82, 2.24) is 5.43 Å². The molecule has 5 nitrogen and oxygen atoms in total. The summed E-state index contributed by atoms with van der Waals surface area (Å²) in [6.07, 6.45) is 0.306. The summed E-state index contributed by atoms with van der Waals surface area (Å²) in [6.45, 7) is 1.62. The van der Waals surface area contributed by atoms with Crippen LogP contribution < -0.4 is 5.43 Å². The van der Waals surface area contributed by atoms with Crippen LogP contribution in [0.25, 0.3) is 0 Å². The van der Waals surface area contributed by atoms with Crippen LogP contribution in [0.1, 0.15) is 18.9 Å². The summed E-state index contributed by atoms with van der Waals surface area (Å²) in [5.41, 5.74) is 3.24. The molecule has 114 valence electrons. The number of carbonyl (C=O) groups is 1. The lowest BCUT2D eigenvalue weighted by atomic mass is 10.1. The fraction of sp³-hybridized carbons (Fsp3) is 0.385. The first-order chi connectivity index (χ1) is 9.78. The lowest BCUT2D eigenvalue weighted by Gasteiger charge is -2.07. The monoisotopic (exact) mass is 332 g/mol. The van der Waals surface area contributed by atoms with Crippen LogP contribution in [0, 0.1) is 11.7 Å². The van der Waals surface area contributed by atoms with Crippen LogP contribution in [0.3, 0.4) is 0 Å². The molecule has 0 aromatic heterocycles. The normalized spacial score (nSPS) is 21.3. The summed E-state index contributed by atoms with van der Waals surface area (Å²) < 4.78 is 35.6. The number of amides is 1. The Bertz CT molecular complexity index is 703. The Morgan fingerprint density at radius 3 is 2.76 bits per heavy atom. The quantitative estimate of drug-likeness (QED) is 0.677. The number of benzene rings is 1. The Labute approximate surface area is 127 Å². The van der Waals surface area contributed by atoms with E-state index in [-0.39, 0.29) is 16.5 Å². The highest BCUT2D eigenvalue weighted by Gasteiger charge is 2.32. The molecule has 0 saturated carbocycles. The zero-order valence-electron chi connectivity index (χ0n) is 11.3. The molecule has 1 heterocycles. The Kier molecular flexibility index (Phi) is 4.63. The second-order valence-electron chi connectivity index (χ2n) is 4.90. The molecular formula is C13H14ClFN2O3S. The van der Waals surface area contributed by atoms with Crippen molar-refractivity contribution in [3.63, 3.8) is 0 Å². The highest BCUT2D eigenvalue weighted by atomic mass is 35.5. The minimum absolute atomic E-state index is 0.0254. The Morgan fingerprint density at radius 1 is 1.48 bits per heavy atom. The molecule has 21 heavy (non-hydrogen) atoms. The number of carbonyl (C=O) groups excluding carboxylic acids is 1. The van der Waals surface area contributed by atoms with Gasteiger partial charge in [-0.3, -0.25) is 4.79 Å². The van der Waals surface area contributed by atoms with Gasteiger partial charge in [0.25, 0.3) is 0 Å². The van der Waals surface area contributed by atoms with Crippen LogP contribution in [0.2, 0.25) is 5.02 Å². The van der Waals surface area contributed by atoms with E-state index in [0.29, 0.717) is 17.7 Å². The van der Waals surface area contributed by atoms with Crippen LogP contribution in [0.5, 0.6) is 0 Å². The molecule has 1 aliphatic heterocycles. The predicted octanol–water partition coefficient (Wildman–Crippen LogP) is 1.75. The molecule has 8 heteroatoms. The molecule has 1 atom stereocenters. The van der Waals surface area contributed by atoms with Gasteiger partial charge in [0.1, 0.15) is 5.82 Å². The van der Waals surface area contributed by atoms with Gasteiger partial charge in [0.05, 0.1) is 28.2 Å². The van der Waals surface area contributed by atoms with E-state index < -0.39 is 27.5 Å². The number of hydrazone groups is 1. The summed E-state index contributed by atoms with van der Waals surface area (Å²) in [4.78, 5) is 11.8. The Hall–Kier alpha value is -1.47. The second kappa shape index (κ2) is 6.11. The molecule has 1 fully saturated rings. The van der Waals surface area contributed by atoms with E-state index in [1.807, 2.05) is 0 Å². The molecule has 1 aromatic carbocycles. The molecule has 1 aromatic rings. The van der Waals surface area contributed by atoms with Gasteiger partial charge in [-0.1, -0.05) is 11.6 Å². The van der Waals surface area contributed by atoms with Gasteiger partial charge in [0, 0.05) is 5.56 Å². The van der Waals surface area contributed by atoms with Crippen molar-refractivity contribution in [3.05, 3.63) is 34.6 Å². The number of halogens is 2. The van der Waals surface area contributed by atoms with Crippen molar-refractivity contribution in [1.29, 1.82) is 0 Å². The topological polar surface area (TPSA) is 75.6 Å². The van der Waals surface area contributed by atoms with Crippen LogP contribution in [0.15, 0.2) is 23.3 Å². The maximum atomic E-state index is 13.0. The molecule has 1 N–H and O–H groups in total. The summed E-state index contributed by atoms with van der Waals surface area (Å²) in [7, 11) is -3.11. The number of rotatable bonds is 3. The van der Waals surface area contributed by atoms with Crippen molar-refractivity contribution < 1.29 is 17.6 Å².